The highest BCUT2D eigenvalue weighted by Gasteiger charge is 2.35. The zero-order chi connectivity index (χ0) is 19.2. The monoisotopic (exact) mass is 375 g/mol. The number of likely N-dealkylation sites (tertiary alicyclic amines) is 1. The Morgan fingerprint density at radius 2 is 1.44 bits per heavy atom. The third kappa shape index (κ3) is 4.33. The highest BCUT2D eigenvalue weighted by atomic mass is 16.5. The number of carbonyl (C=O) groups is 1. The van der Waals surface area contributed by atoms with Gasteiger partial charge in [-0.25, -0.2) is 0 Å². The van der Waals surface area contributed by atoms with Crippen LogP contribution in [0.5, 0.6) is 17.2 Å². The molecule has 0 bridgehead atoms. The van der Waals surface area contributed by atoms with Crippen LogP contribution in [-0.4, -0.2) is 45.2 Å². The second-order valence-corrected chi connectivity index (χ2v) is 7.72. The van der Waals surface area contributed by atoms with E-state index in [0.29, 0.717) is 23.2 Å². The van der Waals surface area contributed by atoms with Crippen LogP contribution in [0.1, 0.15) is 62.8 Å². The van der Waals surface area contributed by atoms with E-state index in [1.807, 2.05) is 12.1 Å². The van der Waals surface area contributed by atoms with Crippen LogP contribution in [0.4, 0.5) is 0 Å². The summed E-state index contributed by atoms with van der Waals surface area (Å²) in [6, 6.07) is 3.95. The highest BCUT2D eigenvalue weighted by Crippen LogP contribution is 2.44. The van der Waals surface area contributed by atoms with Crippen molar-refractivity contribution in [1.82, 2.24) is 4.90 Å². The Bertz CT molecular complexity index is 608. The van der Waals surface area contributed by atoms with Crippen molar-refractivity contribution >= 4 is 5.91 Å². The maximum atomic E-state index is 13.6. The van der Waals surface area contributed by atoms with Crippen LogP contribution in [-0.2, 0) is 4.79 Å². The number of nitrogens with zero attached hydrogens (tertiary/aromatic N) is 1. The molecule has 0 radical (unpaired) electrons. The molecule has 1 amide bonds. The van der Waals surface area contributed by atoms with Crippen LogP contribution in [0, 0.1) is 5.92 Å². The molecule has 0 N–H and O–H groups in total. The van der Waals surface area contributed by atoms with Crippen molar-refractivity contribution in [2.75, 3.05) is 34.4 Å². The molecule has 5 nitrogen and oxygen atoms in total. The Morgan fingerprint density at radius 1 is 0.889 bits per heavy atom. The number of piperidine rings is 1. The zero-order valence-electron chi connectivity index (χ0n) is 17.0. The van der Waals surface area contributed by atoms with Crippen molar-refractivity contribution in [3.63, 3.8) is 0 Å². The summed E-state index contributed by atoms with van der Waals surface area (Å²) in [7, 11) is 4.86. The molecule has 1 atom stereocenters. The van der Waals surface area contributed by atoms with Gasteiger partial charge in [0.15, 0.2) is 11.5 Å². The number of amides is 1. The molecule has 2 fully saturated rings. The summed E-state index contributed by atoms with van der Waals surface area (Å²) in [5, 5.41) is 0. The van der Waals surface area contributed by atoms with Gasteiger partial charge < -0.3 is 19.1 Å². The fraction of sp³-hybridized carbons (Fsp3) is 0.682. The van der Waals surface area contributed by atoms with Crippen molar-refractivity contribution in [3.05, 3.63) is 17.7 Å². The van der Waals surface area contributed by atoms with Crippen LogP contribution >= 0.6 is 0 Å². The first-order valence-corrected chi connectivity index (χ1v) is 10.3. The zero-order valence-corrected chi connectivity index (χ0v) is 17.0. The van der Waals surface area contributed by atoms with E-state index in [2.05, 4.69) is 4.90 Å². The Labute approximate surface area is 163 Å². The smallest absolute Gasteiger partial charge is 0.230 e. The number of hydrogen-bond acceptors (Lipinski definition) is 4. The molecule has 27 heavy (non-hydrogen) atoms. The predicted octanol–water partition coefficient (Wildman–Crippen LogP) is 4.39. The van der Waals surface area contributed by atoms with Gasteiger partial charge in [0.1, 0.15) is 0 Å². The molecule has 150 valence electrons. The molecule has 0 spiro atoms. The van der Waals surface area contributed by atoms with Gasteiger partial charge >= 0.3 is 0 Å². The largest absolute Gasteiger partial charge is 0.493 e. The van der Waals surface area contributed by atoms with E-state index in [1.165, 1.54) is 25.7 Å². The van der Waals surface area contributed by atoms with Gasteiger partial charge in [-0.3, -0.25) is 4.79 Å². The number of ether oxygens (including phenoxy) is 3. The molecule has 3 rings (SSSR count). The first-order valence-electron chi connectivity index (χ1n) is 10.3. The van der Waals surface area contributed by atoms with E-state index in [1.54, 1.807) is 21.3 Å². The van der Waals surface area contributed by atoms with Crippen LogP contribution in [0.15, 0.2) is 12.1 Å². The van der Waals surface area contributed by atoms with Gasteiger partial charge in [0.2, 0.25) is 11.7 Å². The average Bonchev–Trinajstić information content (AvgIpc) is 2.74. The van der Waals surface area contributed by atoms with E-state index in [-0.39, 0.29) is 11.8 Å². The topological polar surface area (TPSA) is 48.0 Å². The summed E-state index contributed by atoms with van der Waals surface area (Å²) >= 11 is 0. The van der Waals surface area contributed by atoms with Crippen molar-refractivity contribution in [2.45, 2.75) is 57.3 Å². The number of rotatable bonds is 6. The molecule has 1 aromatic carbocycles. The summed E-state index contributed by atoms with van der Waals surface area (Å²) in [4.78, 5) is 15.6. The van der Waals surface area contributed by atoms with Gasteiger partial charge in [0.25, 0.3) is 0 Å². The molecular formula is C22H33NO4. The Kier molecular flexibility index (Phi) is 6.86. The number of benzene rings is 1. The fourth-order valence-electron chi connectivity index (χ4n) is 4.68. The molecule has 0 aromatic heterocycles. The SMILES string of the molecule is COc1cc([C@@H](C(=O)N2CCCCC2)C2CCCCC2)cc(OC)c1OC. The second kappa shape index (κ2) is 9.34. The van der Waals surface area contributed by atoms with Gasteiger partial charge in [0.05, 0.1) is 27.2 Å². The van der Waals surface area contributed by atoms with Gasteiger partial charge in [-0.2, -0.15) is 0 Å². The number of methoxy groups -OCH3 is 3. The van der Waals surface area contributed by atoms with Crippen LogP contribution in [0.25, 0.3) is 0 Å². The van der Waals surface area contributed by atoms with E-state index in [0.717, 1.165) is 44.3 Å². The van der Waals surface area contributed by atoms with E-state index < -0.39 is 0 Å². The lowest BCUT2D eigenvalue weighted by atomic mass is 9.75. The maximum Gasteiger partial charge on any atom is 0.230 e. The second-order valence-electron chi connectivity index (χ2n) is 7.72. The number of hydrogen-bond donors (Lipinski definition) is 0. The van der Waals surface area contributed by atoms with Crippen LogP contribution in [0.3, 0.4) is 0 Å². The Hall–Kier alpha value is -1.91. The lowest BCUT2D eigenvalue weighted by molar-refractivity contribution is -0.135. The lowest BCUT2D eigenvalue weighted by Gasteiger charge is -2.36. The van der Waals surface area contributed by atoms with Crippen molar-refractivity contribution in [3.8, 4) is 17.2 Å². The molecule has 1 aliphatic heterocycles. The molecule has 1 heterocycles. The molecule has 1 saturated carbocycles. The molecule has 1 saturated heterocycles. The molecule has 2 aliphatic rings. The van der Waals surface area contributed by atoms with Gasteiger partial charge in [-0.1, -0.05) is 19.3 Å². The first kappa shape index (κ1) is 19.8. The van der Waals surface area contributed by atoms with Crippen LogP contribution in [0.2, 0.25) is 0 Å². The number of carbonyl (C=O) groups excluding carboxylic acids is 1. The predicted molar refractivity (Wildman–Crippen MR) is 106 cm³/mol. The van der Waals surface area contributed by atoms with E-state index in [9.17, 15) is 4.79 Å². The normalized spacial score (nSPS) is 19.4. The Balaban J connectivity index is 1.99. The summed E-state index contributed by atoms with van der Waals surface area (Å²) in [6.45, 7) is 1.76. The van der Waals surface area contributed by atoms with Gasteiger partial charge in [-0.05, 0) is 55.7 Å². The minimum absolute atomic E-state index is 0.128. The molecule has 5 heteroatoms. The Morgan fingerprint density at radius 3 is 1.96 bits per heavy atom. The third-order valence-corrected chi connectivity index (χ3v) is 6.10. The quantitative estimate of drug-likeness (QED) is 0.740. The minimum Gasteiger partial charge on any atom is -0.493 e. The van der Waals surface area contributed by atoms with Crippen molar-refractivity contribution < 1.29 is 19.0 Å². The maximum absolute atomic E-state index is 13.6. The van der Waals surface area contributed by atoms with Crippen molar-refractivity contribution in [1.29, 1.82) is 0 Å². The minimum atomic E-state index is -0.128. The lowest BCUT2D eigenvalue weighted by Crippen LogP contribution is -2.41. The third-order valence-electron chi connectivity index (χ3n) is 6.10. The van der Waals surface area contributed by atoms with E-state index in [4.69, 9.17) is 14.2 Å². The summed E-state index contributed by atoms with van der Waals surface area (Å²) in [5.74, 6) is 2.36. The standard InChI is InChI=1S/C22H33NO4/c1-25-18-14-17(15-19(26-2)21(18)27-3)20(16-10-6-4-7-11-16)22(24)23-12-8-5-9-13-23/h14-16,20H,4-13H2,1-3H3/t20-/m0/s1. The molecule has 0 unspecified atom stereocenters. The molecule has 1 aromatic rings. The van der Waals surface area contributed by atoms with Crippen molar-refractivity contribution in [2.24, 2.45) is 5.92 Å². The molecular weight excluding hydrogens is 342 g/mol. The van der Waals surface area contributed by atoms with Gasteiger partial charge in [0, 0.05) is 13.1 Å². The van der Waals surface area contributed by atoms with Crippen LogP contribution < -0.4 is 14.2 Å². The first-order chi connectivity index (χ1) is 13.2. The fourth-order valence-corrected chi connectivity index (χ4v) is 4.68. The van der Waals surface area contributed by atoms with E-state index >= 15 is 0 Å². The summed E-state index contributed by atoms with van der Waals surface area (Å²) in [6.07, 6.45) is 9.36. The summed E-state index contributed by atoms with van der Waals surface area (Å²) in [5.41, 5.74) is 0.993. The summed E-state index contributed by atoms with van der Waals surface area (Å²) < 4.78 is 16.6. The van der Waals surface area contributed by atoms with Gasteiger partial charge in [-0.15, -0.1) is 0 Å². The average molecular weight is 376 g/mol. The molecule has 1 aliphatic carbocycles. The highest BCUT2D eigenvalue weighted by molar-refractivity contribution is 5.85.